The molecule has 92 valence electrons. The number of nitrogens with one attached hydrogen (secondary N) is 1. The summed E-state index contributed by atoms with van der Waals surface area (Å²) in [7, 11) is 0. The molecule has 0 saturated heterocycles. The third-order valence-electron chi connectivity index (χ3n) is 2.75. The van der Waals surface area contributed by atoms with Crippen molar-refractivity contribution in [1.29, 1.82) is 5.26 Å². The molecule has 0 radical (unpaired) electrons. The van der Waals surface area contributed by atoms with E-state index < -0.39 is 5.41 Å². The van der Waals surface area contributed by atoms with Crippen LogP contribution in [-0.4, -0.2) is 19.0 Å². The molecule has 0 bridgehead atoms. The predicted molar refractivity (Wildman–Crippen MR) is 64.5 cm³/mol. The van der Waals surface area contributed by atoms with Crippen molar-refractivity contribution in [3.63, 3.8) is 0 Å². The quantitative estimate of drug-likeness (QED) is 0.687. The highest BCUT2D eigenvalue weighted by Crippen LogP contribution is 2.21. The van der Waals surface area contributed by atoms with Crippen LogP contribution in [0.2, 0.25) is 0 Å². The molecule has 0 aliphatic carbocycles. The van der Waals surface area contributed by atoms with Gasteiger partial charge in [-0.3, -0.25) is 4.79 Å². The van der Waals surface area contributed by atoms with Crippen molar-refractivity contribution in [2.24, 2.45) is 16.6 Å². The molecule has 0 aromatic rings. The summed E-state index contributed by atoms with van der Waals surface area (Å²) in [6.45, 7) is 9.21. The van der Waals surface area contributed by atoms with Gasteiger partial charge >= 0.3 is 0 Å². The highest BCUT2D eigenvalue weighted by molar-refractivity contribution is 5.80. The molecular formula is C12H23N3O. The van der Waals surface area contributed by atoms with Crippen LogP contribution in [0.25, 0.3) is 0 Å². The van der Waals surface area contributed by atoms with Crippen molar-refractivity contribution in [2.45, 2.75) is 40.5 Å². The first-order valence-corrected chi connectivity index (χ1v) is 5.59. The Kier molecular flexibility index (Phi) is 5.46. The largest absolute Gasteiger partial charge is 0.369 e. The molecule has 0 rings (SSSR count). The van der Waals surface area contributed by atoms with Crippen molar-refractivity contribution >= 4 is 5.91 Å². The zero-order valence-corrected chi connectivity index (χ0v) is 10.8. The summed E-state index contributed by atoms with van der Waals surface area (Å²) < 4.78 is 0. The van der Waals surface area contributed by atoms with E-state index in [4.69, 9.17) is 11.0 Å². The van der Waals surface area contributed by atoms with Gasteiger partial charge in [0.25, 0.3) is 0 Å². The van der Waals surface area contributed by atoms with Gasteiger partial charge in [0.15, 0.2) is 0 Å². The van der Waals surface area contributed by atoms with Gasteiger partial charge in [0.1, 0.15) is 0 Å². The first-order chi connectivity index (χ1) is 7.21. The molecule has 3 N–H and O–H groups in total. The third kappa shape index (κ3) is 5.72. The maximum absolute atomic E-state index is 11.1. The van der Waals surface area contributed by atoms with Crippen LogP contribution in [-0.2, 0) is 4.79 Å². The summed E-state index contributed by atoms with van der Waals surface area (Å²) in [5.41, 5.74) is 4.83. The lowest BCUT2D eigenvalue weighted by Gasteiger charge is -2.27. The van der Waals surface area contributed by atoms with E-state index in [0.29, 0.717) is 13.0 Å². The van der Waals surface area contributed by atoms with Crippen LogP contribution in [0.15, 0.2) is 0 Å². The maximum atomic E-state index is 11.1. The van der Waals surface area contributed by atoms with Gasteiger partial charge in [-0.15, -0.1) is 0 Å². The number of rotatable bonds is 7. The van der Waals surface area contributed by atoms with E-state index in [-0.39, 0.29) is 11.3 Å². The standard InChI is InChI=1S/C12H23N3O/c1-11(2,6-5-7-13)8-15-9-12(3,4)10(14)16/h15H,5-6,8-9H2,1-4H3,(H2,14,16). The number of nitrogens with two attached hydrogens (primary N) is 1. The molecule has 0 fully saturated rings. The third-order valence-corrected chi connectivity index (χ3v) is 2.75. The van der Waals surface area contributed by atoms with E-state index in [1.165, 1.54) is 0 Å². The molecule has 0 atom stereocenters. The molecular weight excluding hydrogens is 202 g/mol. The lowest BCUT2D eigenvalue weighted by molar-refractivity contribution is -0.125. The fourth-order valence-electron chi connectivity index (χ4n) is 1.28. The lowest BCUT2D eigenvalue weighted by Crippen LogP contribution is -2.43. The number of primary amides is 1. The second kappa shape index (κ2) is 5.86. The van der Waals surface area contributed by atoms with E-state index in [1.54, 1.807) is 0 Å². The number of hydrogen-bond donors (Lipinski definition) is 2. The van der Waals surface area contributed by atoms with E-state index in [1.807, 2.05) is 13.8 Å². The minimum Gasteiger partial charge on any atom is -0.369 e. The number of hydrogen-bond acceptors (Lipinski definition) is 3. The molecule has 0 heterocycles. The van der Waals surface area contributed by atoms with Crippen molar-refractivity contribution in [3.05, 3.63) is 0 Å². The summed E-state index contributed by atoms with van der Waals surface area (Å²) >= 11 is 0. The molecule has 4 nitrogen and oxygen atoms in total. The summed E-state index contributed by atoms with van der Waals surface area (Å²) in [6, 6.07) is 2.15. The summed E-state index contributed by atoms with van der Waals surface area (Å²) in [5.74, 6) is -0.296. The highest BCUT2D eigenvalue weighted by atomic mass is 16.1. The minimum atomic E-state index is -0.523. The minimum absolute atomic E-state index is 0.0729. The van der Waals surface area contributed by atoms with Gasteiger partial charge in [-0.05, 0) is 25.7 Å². The monoisotopic (exact) mass is 225 g/mol. The molecule has 0 unspecified atom stereocenters. The van der Waals surface area contributed by atoms with E-state index in [0.717, 1.165) is 13.0 Å². The van der Waals surface area contributed by atoms with Gasteiger partial charge in [-0.25, -0.2) is 0 Å². The van der Waals surface area contributed by atoms with E-state index in [9.17, 15) is 4.79 Å². The Balaban J connectivity index is 3.98. The van der Waals surface area contributed by atoms with E-state index in [2.05, 4.69) is 25.2 Å². The van der Waals surface area contributed by atoms with Crippen LogP contribution >= 0.6 is 0 Å². The smallest absolute Gasteiger partial charge is 0.224 e. The Hall–Kier alpha value is -1.08. The Morgan fingerprint density at radius 3 is 2.31 bits per heavy atom. The Bertz CT molecular complexity index is 276. The zero-order valence-electron chi connectivity index (χ0n) is 10.8. The molecule has 0 aromatic heterocycles. The van der Waals surface area contributed by atoms with Crippen molar-refractivity contribution in [3.8, 4) is 6.07 Å². The van der Waals surface area contributed by atoms with Crippen LogP contribution in [0.1, 0.15) is 40.5 Å². The number of carbonyl (C=O) groups is 1. The molecule has 16 heavy (non-hydrogen) atoms. The molecule has 0 aliphatic heterocycles. The van der Waals surface area contributed by atoms with E-state index >= 15 is 0 Å². The second-order valence-electron chi connectivity index (χ2n) is 5.67. The normalized spacial score (nSPS) is 12.2. The fraction of sp³-hybridized carbons (Fsp3) is 0.833. The SMILES string of the molecule is CC(C)(CCC#N)CNCC(C)(C)C(N)=O. The van der Waals surface area contributed by atoms with Crippen LogP contribution < -0.4 is 11.1 Å². The molecule has 4 heteroatoms. The zero-order chi connectivity index (χ0) is 12.8. The predicted octanol–water partition coefficient (Wildman–Crippen LogP) is 1.42. The summed E-state index contributed by atoms with van der Waals surface area (Å²) in [6.07, 6.45) is 1.42. The van der Waals surface area contributed by atoms with Gasteiger partial charge in [0.05, 0.1) is 11.5 Å². The van der Waals surface area contributed by atoms with Gasteiger partial charge < -0.3 is 11.1 Å². The Labute approximate surface area is 98.2 Å². The lowest BCUT2D eigenvalue weighted by atomic mass is 9.87. The molecule has 0 spiro atoms. The topological polar surface area (TPSA) is 78.9 Å². The van der Waals surface area contributed by atoms with Crippen molar-refractivity contribution < 1.29 is 4.79 Å². The first-order valence-electron chi connectivity index (χ1n) is 5.59. The molecule has 0 aliphatic rings. The number of amides is 1. The number of carbonyl (C=O) groups excluding carboxylic acids is 1. The van der Waals surface area contributed by atoms with Gasteiger partial charge in [0, 0.05) is 19.5 Å². The Morgan fingerprint density at radius 1 is 1.31 bits per heavy atom. The van der Waals surface area contributed by atoms with Gasteiger partial charge in [0.2, 0.25) is 5.91 Å². The summed E-state index contributed by atoms with van der Waals surface area (Å²) in [5, 5.41) is 11.8. The maximum Gasteiger partial charge on any atom is 0.224 e. The Morgan fingerprint density at radius 2 is 1.88 bits per heavy atom. The average Bonchev–Trinajstić information content (AvgIpc) is 2.14. The second-order valence-corrected chi connectivity index (χ2v) is 5.67. The summed E-state index contributed by atoms with van der Waals surface area (Å²) in [4.78, 5) is 11.1. The number of nitrogens with zero attached hydrogens (tertiary/aromatic N) is 1. The van der Waals surface area contributed by atoms with Crippen LogP contribution in [0.3, 0.4) is 0 Å². The van der Waals surface area contributed by atoms with Crippen LogP contribution in [0, 0.1) is 22.2 Å². The van der Waals surface area contributed by atoms with Crippen molar-refractivity contribution in [1.82, 2.24) is 5.32 Å². The highest BCUT2D eigenvalue weighted by Gasteiger charge is 2.25. The van der Waals surface area contributed by atoms with Crippen LogP contribution in [0.4, 0.5) is 0 Å². The van der Waals surface area contributed by atoms with Crippen LogP contribution in [0.5, 0.6) is 0 Å². The first kappa shape index (κ1) is 14.9. The van der Waals surface area contributed by atoms with Gasteiger partial charge in [-0.2, -0.15) is 5.26 Å². The van der Waals surface area contributed by atoms with Gasteiger partial charge in [-0.1, -0.05) is 13.8 Å². The fourth-order valence-corrected chi connectivity index (χ4v) is 1.28. The van der Waals surface area contributed by atoms with Crippen molar-refractivity contribution in [2.75, 3.05) is 13.1 Å². The average molecular weight is 225 g/mol. The number of nitriles is 1. The molecule has 0 aromatic carbocycles. The molecule has 1 amide bonds. The molecule has 0 saturated carbocycles.